The van der Waals surface area contributed by atoms with Gasteiger partial charge in [-0.05, 0) is 124 Å². The molecule has 3 aromatic rings. The SMILES string of the molecule is CC1(C)C(/C=C/C2=C(Oc3ccccc3)C(=C/C=C3/N(CCCCS(=O)(=O)O)c4ccc(S(=O)(=O)O)cc4C3(C)C)/CCC2)=[N+](CCCCS(=O)(=O)O)c2ccc(S(=O)(=O)O)cc21. The van der Waals surface area contributed by atoms with Gasteiger partial charge in [0.15, 0.2) is 5.71 Å². The molecule has 19 heteroatoms. The van der Waals surface area contributed by atoms with Crippen molar-refractivity contribution in [3.05, 3.63) is 125 Å². The summed E-state index contributed by atoms with van der Waals surface area (Å²) in [5, 5.41) is 0. The molecule has 3 aromatic carbocycles. The van der Waals surface area contributed by atoms with Crippen LogP contribution in [0.1, 0.15) is 83.8 Å². The van der Waals surface area contributed by atoms with Gasteiger partial charge in [0, 0.05) is 47.5 Å². The van der Waals surface area contributed by atoms with E-state index in [1.807, 2.05) is 91.8 Å². The predicted octanol–water partition coefficient (Wildman–Crippen LogP) is 7.57. The fraction of sp³-hybridized carbons (Fsp3) is 0.386. The number of fused-ring (bicyclic) bond motifs is 2. The molecule has 0 spiro atoms. The van der Waals surface area contributed by atoms with E-state index >= 15 is 0 Å². The highest BCUT2D eigenvalue weighted by Crippen LogP contribution is 2.49. The first kappa shape index (κ1) is 48.0. The molecule has 0 aromatic heterocycles. The molecule has 4 N–H and O–H groups in total. The Balaban J connectivity index is 1.45. The van der Waals surface area contributed by atoms with Crippen LogP contribution >= 0.6 is 0 Å². The first-order valence-corrected chi connectivity index (χ1v) is 26.5. The Morgan fingerprint density at radius 2 is 1.29 bits per heavy atom. The standard InChI is InChI=1S/C44H52N2O13S4/c1-43(2)36-29-34(62(53,54)55)19-21-38(36)45(25-8-10-27-60(47,48)49)40(43)23-17-31-13-12-14-32(42(31)59-33-15-6-5-7-16-33)18-24-41-44(3,4)37-30-35(63(56,57)58)20-22-39(37)46(41)26-9-11-28-61(50,51)52/h5-7,15-24,29-30H,8-14,25-28H2,1-4H3,(H3-,47,48,49,50,51,52,53,54,55,56,57,58)/p+1. The number of ether oxygens (including phenoxy) is 1. The molecule has 0 saturated carbocycles. The summed E-state index contributed by atoms with van der Waals surface area (Å²) >= 11 is 0. The van der Waals surface area contributed by atoms with Crippen LogP contribution in [0.25, 0.3) is 0 Å². The Bertz CT molecular complexity index is 2900. The molecule has 0 saturated heterocycles. The molecule has 0 unspecified atom stereocenters. The summed E-state index contributed by atoms with van der Waals surface area (Å²) in [6.45, 7) is 8.41. The van der Waals surface area contributed by atoms with Crippen LogP contribution in [0, 0.1) is 0 Å². The van der Waals surface area contributed by atoms with E-state index in [1.54, 1.807) is 12.1 Å². The van der Waals surface area contributed by atoms with Gasteiger partial charge >= 0.3 is 0 Å². The maximum Gasteiger partial charge on any atom is 0.294 e. The van der Waals surface area contributed by atoms with Gasteiger partial charge in [-0.15, -0.1) is 0 Å². The number of unbranched alkanes of at least 4 members (excludes halogenated alkanes) is 2. The van der Waals surface area contributed by atoms with Crippen LogP contribution in [0.15, 0.2) is 123 Å². The Morgan fingerprint density at radius 3 is 1.90 bits per heavy atom. The fourth-order valence-electron chi connectivity index (χ4n) is 8.54. The monoisotopic (exact) mass is 945 g/mol. The quantitative estimate of drug-likeness (QED) is 0.0581. The minimum absolute atomic E-state index is 0.181. The third kappa shape index (κ3) is 11.3. The van der Waals surface area contributed by atoms with Crippen LogP contribution in [0.2, 0.25) is 0 Å². The summed E-state index contributed by atoms with van der Waals surface area (Å²) in [5.41, 5.74) is 4.37. The number of hydrogen-bond acceptors (Lipinski definition) is 10. The topological polar surface area (TPSA) is 233 Å². The minimum Gasteiger partial charge on any atom is -0.457 e. The first-order chi connectivity index (χ1) is 29.3. The highest BCUT2D eigenvalue weighted by atomic mass is 32.2. The van der Waals surface area contributed by atoms with Crippen LogP contribution < -0.4 is 9.64 Å². The number of rotatable bonds is 17. The fourth-order valence-corrected chi connectivity index (χ4v) is 10.7. The molecule has 2 heterocycles. The van der Waals surface area contributed by atoms with E-state index in [0.717, 1.165) is 29.0 Å². The average Bonchev–Trinajstić information content (AvgIpc) is 3.53. The number of allylic oxidation sites excluding steroid dienone is 7. The van der Waals surface area contributed by atoms with Crippen molar-refractivity contribution in [1.82, 2.24) is 0 Å². The van der Waals surface area contributed by atoms with Crippen molar-refractivity contribution in [2.24, 2.45) is 0 Å². The zero-order valence-electron chi connectivity index (χ0n) is 35.4. The van der Waals surface area contributed by atoms with Crippen LogP contribution in [0.3, 0.4) is 0 Å². The van der Waals surface area contributed by atoms with Crippen LogP contribution in [0.4, 0.5) is 11.4 Å². The second-order valence-electron chi connectivity index (χ2n) is 16.9. The molecule has 63 heavy (non-hydrogen) atoms. The summed E-state index contributed by atoms with van der Waals surface area (Å²) in [5.74, 6) is 0.362. The molecule has 0 fully saturated rings. The summed E-state index contributed by atoms with van der Waals surface area (Å²) in [6, 6.07) is 18.0. The van der Waals surface area contributed by atoms with Gasteiger partial charge in [0.05, 0.1) is 26.7 Å². The number of para-hydroxylation sites is 1. The summed E-state index contributed by atoms with van der Waals surface area (Å²) in [6.07, 6.45) is 10.9. The number of nitrogens with zero attached hydrogens (tertiary/aromatic N) is 2. The van der Waals surface area contributed by atoms with Gasteiger partial charge in [0.1, 0.15) is 18.1 Å². The normalized spacial score (nSPS) is 19.1. The van der Waals surface area contributed by atoms with Crippen molar-refractivity contribution >= 4 is 57.6 Å². The lowest BCUT2D eigenvalue weighted by Crippen LogP contribution is -2.28. The largest absolute Gasteiger partial charge is 0.457 e. The lowest BCUT2D eigenvalue weighted by molar-refractivity contribution is -0.438. The third-order valence-corrected chi connectivity index (χ3v) is 15.0. The predicted molar refractivity (Wildman–Crippen MR) is 240 cm³/mol. The van der Waals surface area contributed by atoms with Gasteiger partial charge in [-0.2, -0.15) is 38.2 Å². The minimum atomic E-state index is -4.52. The molecular formula is C44H53N2O13S4+. The molecule has 15 nitrogen and oxygen atoms in total. The second kappa shape index (κ2) is 18.2. The molecule has 0 amide bonds. The van der Waals surface area contributed by atoms with Crippen molar-refractivity contribution in [2.45, 2.75) is 93.3 Å². The summed E-state index contributed by atoms with van der Waals surface area (Å²) in [7, 11) is -17.4. The molecule has 3 aliphatic rings. The van der Waals surface area contributed by atoms with Crippen molar-refractivity contribution in [3.8, 4) is 5.75 Å². The van der Waals surface area contributed by atoms with Crippen molar-refractivity contribution in [1.29, 1.82) is 0 Å². The van der Waals surface area contributed by atoms with E-state index in [1.165, 1.54) is 24.3 Å². The Labute approximate surface area is 370 Å². The molecule has 0 atom stereocenters. The van der Waals surface area contributed by atoms with E-state index in [9.17, 15) is 51.9 Å². The smallest absolute Gasteiger partial charge is 0.294 e. The van der Waals surface area contributed by atoms with E-state index in [2.05, 4.69) is 0 Å². The lowest BCUT2D eigenvalue weighted by Gasteiger charge is -2.27. The van der Waals surface area contributed by atoms with Gasteiger partial charge in [0.25, 0.3) is 40.5 Å². The maximum absolute atomic E-state index is 12.2. The van der Waals surface area contributed by atoms with Gasteiger partial charge in [0.2, 0.25) is 5.69 Å². The average molecular weight is 946 g/mol. The molecular weight excluding hydrogens is 893 g/mol. The first-order valence-electron chi connectivity index (χ1n) is 20.4. The lowest BCUT2D eigenvalue weighted by atomic mass is 9.81. The van der Waals surface area contributed by atoms with Crippen LogP contribution in [-0.4, -0.2) is 86.8 Å². The van der Waals surface area contributed by atoms with Crippen LogP contribution in [-0.2, 0) is 51.3 Å². The molecule has 0 bridgehead atoms. The van der Waals surface area contributed by atoms with Crippen molar-refractivity contribution < 1.29 is 61.2 Å². The number of hydrogen-bond donors (Lipinski definition) is 4. The summed E-state index contributed by atoms with van der Waals surface area (Å²) < 4.78 is 142. The van der Waals surface area contributed by atoms with Gasteiger partial charge in [-0.3, -0.25) is 18.2 Å². The number of anilines is 1. The van der Waals surface area contributed by atoms with Gasteiger partial charge < -0.3 is 9.64 Å². The zero-order chi connectivity index (χ0) is 46.2. The molecule has 6 rings (SSSR count). The summed E-state index contributed by atoms with van der Waals surface area (Å²) in [4.78, 5) is 1.48. The second-order valence-corrected chi connectivity index (χ2v) is 22.9. The van der Waals surface area contributed by atoms with Crippen molar-refractivity contribution in [3.63, 3.8) is 0 Å². The zero-order valence-corrected chi connectivity index (χ0v) is 38.7. The van der Waals surface area contributed by atoms with E-state index in [-0.39, 0.29) is 22.6 Å². The molecule has 340 valence electrons. The number of benzene rings is 3. The van der Waals surface area contributed by atoms with Gasteiger partial charge in [-0.25, -0.2) is 0 Å². The van der Waals surface area contributed by atoms with E-state index in [4.69, 9.17) is 4.74 Å². The van der Waals surface area contributed by atoms with E-state index < -0.39 is 62.8 Å². The highest BCUT2D eigenvalue weighted by Gasteiger charge is 2.45. The maximum atomic E-state index is 12.2. The molecule has 2 aliphatic heterocycles. The van der Waals surface area contributed by atoms with E-state index in [0.29, 0.717) is 72.8 Å². The molecule has 0 radical (unpaired) electrons. The van der Waals surface area contributed by atoms with Gasteiger partial charge in [-0.1, -0.05) is 38.1 Å². The Kier molecular flexibility index (Phi) is 13.9. The third-order valence-electron chi connectivity index (χ3n) is 11.7. The molecule has 1 aliphatic carbocycles. The Hall–Kier alpha value is -4.47. The van der Waals surface area contributed by atoms with Crippen LogP contribution in [0.5, 0.6) is 5.75 Å². The van der Waals surface area contributed by atoms with Crippen molar-refractivity contribution in [2.75, 3.05) is 29.5 Å². The Morgan fingerprint density at radius 1 is 0.683 bits per heavy atom. The highest BCUT2D eigenvalue weighted by molar-refractivity contribution is 7.86.